The van der Waals surface area contributed by atoms with Crippen molar-refractivity contribution in [1.82, 2.24) is 4.90 Å². The van der Waals surface area contributed by atoms with Crippen LogP contribution in [0.5, 0.6) is 0 Å². The highest BCUT2D eigenvalue weighted by Gasteiger charge is 2.50. The number of thiophene rings is 1. The van der Waals surface area contributed by atoms with Crippen LogP contribution in [0.1, 0.15) is 16.1 Å². The third kappa shape index (κ3) is 1.71. The van der Waals surface area contributed by atoms with E-state index < -0.39 is 9.84 Å². The quantitative estimate of drug-likeness (QED) is 0.809. The van der Waals surface area contributed by atoms with E-state index >= 15 is 0 Å². The summed E-state index contributed by atoms with van der Waals surface area (Å²) in [7, 11) is -2.95. The molecule has 6 heteroatoms. The maximum absolute atomic E-state index is 12.6. The minimum Gasteiger partial charge on any atom is -0.333 e. The predicted octanol–water partition coefficient (Wildman–Crippen LogP) is 1.91. The summed E-state index contributed by atoms with van der Waals surface area (Å²) in [5.74, 6) is 0.113. The predicted molar refractivity (Wildman–Crippen MR) is 78.8 cm³/mol. The van der Waals surface area contributed by atoms with Gasteiger partial charge < -0.3 is 4.90 Å². The molecule has 4 rings (SSSR count). The van der Waals surface area contributed by atoms with Crippen LogP contribution in [0.2, 0.25) is 0 Å². The van der Waals surface area contributed by atoms with Gasteiger partial charge in [0.05, 0.1) is 15.9 Å². The Morgan fingerprint density at radius 3 is 2.75 bits per heavy atom. The molecule has 2 saturated heterocycles. The van der Waals surface area contributed by atoms with Crippen LogP contribution >= 0.6 is 11.3 Å². The van der Waals surface area contributed by atoms with Gasteiger partial charge in [0.25, 0.3) is 5.91 Å². The van der Waals surface area contributed by atoms with Crippen molar-refractivity contribution in [3.63, 3.8) is 0 Å². The lowest BCUT2D eigenvalue weighted by molar-refractivity contribution is 0.0751. The molecule has 0 radical (unpaired) electrons. The van der Waals surface area contributed by atoms with Gasteiger partial charge in [-0.05, 0) is 23.9 Å². The Kier molecular flexibility index (Phi) is 2.50. The Balaban J connectivity index is 1.66. The fraction of sp³-hybridized carbons (Fsp3) is 0.357. The molecule has 0 aliphatic carbocycles. The third-order valence-corrected chi connectivity index (χ3v) is 7.52. The highest BCUT2D eigenvalue weighted by molar-refractivity contribution is 7.92. The topological polar surface area (TPSA) is 54.5 Å². The molecule has 2 fully saturated rings. The molecule has 2 aliphatic heterocycles. The van der Waals surface area contributed by atoms with E-state index in [1.807, 2.05) is 30.3 Å². The maximum atomic E-state index is 12.6. The van der Waals surface area contributed by atoms with E-state index in [9.17, 15) is 13.2 Å². The first-order valence-corrected chi connectivity index (χ1v) is 9.09. The van der Waals surface area contributed by atoms with Crippen molar-refractivity contribution in [1.29, 1.82) is 0 Å². The van der Waals surface area contributed by atoms with Gasteiger partial charge in [-0.2, -0.15) is 0 Å². The highest BCUT2D eigenvalue weighted by Crippen LogP contribution is 2.35. The summed E-state index contributed by atoms with van der Waals surface area (Å²) in [5, 5.41) is 0.726. The van der Waals surface area contributed by atoms with Crippen LogP contribution < -0.4 is 0 Å². The first kappa shape index (κ1) is 12.3. The van der Waals surface area contributed by atoms with Crippen LogP contribution in [0.15, 0.2) is 30.3 Å². The van der Waals surface area contributed by atoms with E-state index in [2.05, 4.69) is 0 Å². The molecule has 1 aromatic carbocycles. The average molecular weight is 307 g/mol. The number of sulfone groups is 1. The summed E-state index contributed by atoms with van der Waals surface area (Å²) in [5.41, 5.74) is 0. The average Bonchev–Trinajstić information content (AvgIpc) is 3.07. The van der Waals surface area contributed by atoms with Gasteiger partial charge in [0, 0.05) is 17.3 Å². The van der Waals surface area contributed by atoms with Crippen molar-refractivity contribution >= 4 is 37.2 Å². The maximum Gasteiger partial charge on any atom is 0.264 e. The molecular formula is C14H13NO3S2. The SMILES string of the molecule is O=C(c1cc2ccccc2s1)N1CC2CC1CS2(=O)=O. The standard InChI is InChI=1S/C14H13NO3S2/c16-14(13-5-9-3-1-2-4-12(9)19-13)15-7-11-6-10(15)8-20(11,17)18/h1-5,10-11H,6-8H2. The van der Waals surface area contributed by atoms with Crippen LogP contribution in [-0.4, -0.2) is 42.8 Å². The number of rotatable bonds is 1. The van der Waals surface area contributed by atoms with Crippen molar-refractivity contribution in [2.24, 2.45) is 0 Å². The number of carbonyl (C=O) groups is 1. The Morgan fingerprint density at radius 1 is 1.30 bits per heavy atom. The summed E-state index contributed by atoms with van der Waals surface area (Å²) >= 11 is 1.48. The smallest absolute Gasteiger partial charge is 0.264 e. The molecule has 2 bridgehead atoms. The molecule has 2 aliphatic rings. The van der Waals surface area contributed by atoms with Crippen LogP contribution in [0, 0.1) is 0 Å². The number of amides is 1. The molecule has 1 aromatic heterocycles. The minimum absolute atomic E-state index is 0.0198. The molecule has 2 unspecified atom stereocenters. The zero-order valence-electron chi connectivity index (χ0n) is 10.7. The lowest BCUT2D eigenvalue weighted by Crippen LogP contribution is -2.43. The number of nitrogens with zero attached hydrogens (tertiary/aromatic N) is 1. The van der Waals surface area contributed by atoms with Crippen molar-refractivity contribution in [2.75, 3.05) is 12.3 Å². The van der Waals surface area contributed by atoms with Crippen LogP contribution in [0.25, 0.3) is 10.1 Å². The van der Waals surface area contributed by atoms with Gasteiger partial charge in [-0.3, -0.25) is 4.79 Å². The van der Waals surface area contributed by atoms with Crippen LogP contribution in [0.4, 0.5) is 0 Å². The van der Waals surface area contributed by atoms with Crippen molar-refractivity contribution in [3.8, 4) is 0 Å². The third-order valence-electron chi connectivity index (χ3n) is 4.21. The summed E-state index contributed by atoms with van der Waals surface area (Å²) in [4.78, 5) is 15.0. The largest absolute Gasteiger partial charge is 0.333 e. The number of carbonyl (C=O) groups excluding carboxylic acids is 1. The second-order valence-electron chi connectivity index (χ2n) is 5.45. The molecule has 4 nitrogen and oxygen atoms in total. The first-order chi connectivity index (χ1) is 9.54. The molecule has 2 aromatic rings. The zero-order valence-corrected chi connectivity index (χ0v) is 12.3. The van der Waals surface area contributed by atoms with Gasteiger partial charge in [0.1, 0.15) is 0 Å². The number of hydrogen-bond donors (Lipinski definition) is 0. The van der Waals surface area contributed by atoms with Gasteiger partial charge in [0.15, 0.2) is 9.84 Å². The molecule has 0 N–H and O–H groups in total. The van der Waals surface area contributed by atoms with E-state index in [4.69, 9.17) is 0 Å². The summed E-state index contributed by atoms with van der Waals surface area (Å²) < 4.78 is 24.6. The number of hydrogen-bond acceptors (Lipinski definition) is 4. The van der Waals surface area contributed by atoms with E-state index in [1.165, 1.54) is 11.3 Å². The van der Waals surface area contributed by atoms with Crippen molar-refractivity contribution < 1.29 is 13.2 Å². The molecular weight excluding hydrogens is 294 g/mol. The first-order valence-electron chi connectivity index (χ1n) is 6.56. The number of benzene rings is 1. The monoisotopic (exact) mass is 307 g/mol. The Bertz CT molecular complexity index is 776. The van der Waals surface area contributed by atoms with Gasteiger partial charge in [-0.25, -0.2) is 8.42 Å². The Hall–Kier alpha value is -1.40. The van der Waals surface area contributed by atoms with E-state index in [0.717, 1.165) is 10.1 Å². The number of likely N-dealkylation sites (tertiary alicyclic amines) is 1. The summed E-state index contributed by atoms with van der Waals surface area (Å²) in [6.07, 6.45) is 0.610. The van der Waals surface area contributed by atoms with Gasteiger partial charge >= 0.3 is 0 Å². The fourth-order valence-electron chi connectivity index (χ4n) is 3.17. The van der Waals surface area contributed by atoms with E-state index in [0.29, 0.717) is 17.8 Å². The van der Waals surface area contributed by atoms with Gasteiger partial charge in [-0.15, -0.1) is 11.3 Å². The van der Waals surface area contributed by atoms with Crippen LogP contribution in [-0.2, 0) is 9.84 Å². The zero-order chi connectivity index (χ0) is 13.9. The van der Waals surface area contributed by atoms with Crippen molar-refractivity contribution in [2.45, 2.75) is 17.7 Å². The molecule has 0 spiro atoms. The molecule has 3 heterocycles. The van der Waals surface area contributed by atoms with E-state index in [-0.39, 0.29) is 23.0 Å². The second kappa shape index (κ2) is 4.05. The summed E-state index contributed by atoms with van der Waals surface area (Å²) in [6.45, 7) is 0.361. The minimum atomic E-state index is -2.95. The molecule has 0 saturated carbocycles. The fourth-order valence-corrected chi connectivity index (χ4v) is 6.22. The lowest BCUT2D eigenvalue weighted by atomic mass is 10.2. The molecule has 104 valence electrons. The highest BCUT2D eigenvalue weighted by atomic mass is 32.2. The van der Waals surface area contributed by atoms with Crippen molar-refractivity contribution in [3.05, 3.63) is 35.2 Å². The van der Waals surface area contributed by atoms with Gasteiger partial charge in [0.2, 0.25) is 0 Å². The summed E-state index contributed by atoms with van der Waals surface area (Å²) in [6, 6.07) is 9.68. The molecule has 2 atom stereocenters. The normalized spacial score (nSPS) is 27.3. The second-order valence-corrected chi connectivity index (χ2v) is 8.86. The van der Waals surface area contributed by atoms with Crippen LogP contribution in [0.3, 0.4) is 0 Å². The lowest BCUT2D eigenvalue weighted by Gasteiger charge is -2.26. The number of fused-ring (bicyclic) bond motifs is 3. The Labute approximate surface area is 120 Å². The van der Waals surface area contributed by atoms with E-state index in [1.54, 1.807) is 4.90 Å². The van der Waals surface area contributed by atoms with Gasteiger partial charge in [-0.1, -0.05) is 18.2 Å². The molecule has 1 amide bonds. The Morgan fingerprint density at radius 2 is 2.10 bits per heavy atom. The molecule has 20 heavy (non-hydrogen) atoms.